The van der Waals surface area contributed by atoms with Gasteiger partial charge in [-0.25, -0.2) is 0 Å². The molecule has 19 heavy (non-hydrogen) atoms. The molecule has 0 fully saturated rings. The van der Waals surface area contributed by atoms with E-state index in [9.17, 15) is 13.2 Å². The first-order valence-corrected chi connectivity index (χ1v) is 6.50. The quantitative estimate of drug-likeness (QED) is 0.754. The monoisotopic (exact) mass is 303 g/mol. The fraction of sp³-hybridized carbons (Fsp3) is 0.0769. The Morgan fingerprint density at radius 3 is 2.32 bits per heavy atom. The van der Waals surface area contributed by atoms with Crippen LogP contribution in [-0.2, 0) is 6.18 Å². The predicted octanol–water partition coefficient (Wildman–Crippen LogP) is 5.48. The maximum absolute atomic E-state index is 12.5. The molecule has 0 spiro atoms. The van der Waals surface area contributed by atoms with E-state index in [0.29, 0.717) is 10.7 Å². The van der Waals surface area contributed by atoms with E-state index in [4.69, 9.17) is 11.6 Å². The van der Waals surface area contributed by atoms with Crippen molar-refractivity contribution in [1.29, 1.82) is 0 Å². The average molecular weight is 304 g/mol. The van der Waals surface area contributed by atoms with Crippen LogP contribution < -0.4 is 4.72 Å². The van der Waals surface area contributed by atoms with Crippen molar-refractivity contribution in [2.24, 2.45) is 0 Å². The molecule has 0 bridgehead atoms. The minimum absolute atomic E-state index is 0.398. The molecular formula is C13H9ClF3NS. The molecule has 100 valence electrons. The van der Waals surface area contributed by atoms with Gasteiger partial charge in [0.15, 0.2) is 0 Å². The number of benzene rings is 2. The van der Waals surface area contributed by atoms with Gasteiger partial charge in [0.25, 0.3) is 0 Å². The highest BCUT2D eigenvalue weighted by atomic mass is 35.5. The molecule has 0 saturated carbocycles. The standard InChI is InChI=1S/C13H9ClF3NS/c14-10-4-6-12(7-5-10)19-18-11-3-1-2-9(8-11)13(15,16)17/h1-8,18H. The van der Waals surface area contributed by atoms with Crippen LogP contribution in [0.4, 0.5) is 18.9 Å². The number of nitrogens with one attached hydrogen (secondary N) is 1. The molecule has 0 aliphatic rings. The van der Waals surface area contributed by atoms with Gasteiger partial charge in [-0.05, 0) is 54.4 Å². The first kappa shape index (κ1) is 14.1. The van der Waals surface area contributed by atoms with Gasteiger partial charge in [-0.3, -0.25) is 0 Å². The molecule has 6 heteroatoms. The fourth-order valence-electron chi connectivity index (χ4n) is 1.38. The maximum Gasteiger partial charge on any atom is 0.416 e. The van der Waals surface area contributed by atoms with Crippen LogP contribution in [0, 0.1) is 0 Å². The lowest BCUT2D eigenvalue weighted by atomic mass is 10.2. The second-order valence-electron chi connectivity index (χ2n) is 3.74. The van der Waals surface area contributed by atoms with Crippen LogP contribution in [0.1, 0.15) is 5.56 Å². The second-order valence-corrected chi connectivity index (χ2v) is 5.05. The third kappa shape index (κ3) is 4.08. The molecule has 0 aliphatic carbocycles. The number of alkyl halides is 3. The van der Waals surface area contributed by atoms with Crippen molar-refractivity contribution in [3.63, 3.8) is 0 Å². The highest BCUT2D eigenvalue weighted by Gasteiger charge is 2.30. The van der Waals surface area contributed by atoms with E-state index in [0.717, 1.165) is 17.0 Å². The summed E-state index contributed by atoms with van der Waals surface area (Å²) in [5, 5.41) is 0.614. The molecule has 0 atom stereocenters. The van der Waals surface area contributed by atoms with Gasteiger partial charge in [0.05, 0.1) is 5.56 Å². The lowest BCUT2D eigenvalue weighted by Crippen LogP contribution is -2.04. The SMILES string of the molecule is FC(F)(F)c1cccc(NSc2ccc(Cl)cc2)c1. The van der Waals surface area contributed by atoms with Crippen LogP contribution in [0.2, 0.25) is 5.02 Å². The molecule has 2 aromatic rings. The lowest BCUT2D eigenvalue weighted by molar-refractivity contribution is -0.137. The largest absolute Gasteiger partial charge is 0.416 e. The summed E-state index contributed by atoms with van der Waals surface area (Å²) in [6.45, 7) is 0. The molecule has 0 heterocycles. The molecule has 0 aromatic heterocycles. The summed E-state index contributed by atoms with van der Waals surface area (Å²) in [5.41, 5.74) is -0.274. The van der Waals surface area contributed by atoms with E-state index < -0.39 is 11.7 Å². The Morgan fingerprint density at radius 2 is 1.68 bits per heavy atom. The van der Waals surface area contributed by atoms with E-state index in [1.54, 1.807) is 30.3 Å². The lowest BCUT2D eigenvalue weighted by Gasteiger charge is -2.10. The van der Waals surface area contributed by atoms with E-state index in [1.807, 2.05) is 0 Å². The van der Waals surface area contributed by atoms with Crippen LogP contribution in [0.3, 0.4) is 0 Å². The van der Waals surface area contributed by atoms with Crippen molar-refractivity contribution in [2.45, 2.75) is 11.1 Å². The number of rotatable bonds is 3. The smallest absolute Gasteiger partial charge is 0.326 e. The fourth-order valence-corrected chi connectivity index (χ4v) is 2.14. The first-order chi connectivity index (χ1) is 8.95. The van der Waals surface area contributed by atoms with Crippen molar-refractivity contribution >= 4 is 29.2 Å². The predicted molar refractivity (Wildman–Crippen MR) is 72.4 cm³/mol. The summed E-state index contributed by atoms with van der Waals surface area (Å²) in [4.78, 5) is 0.863. The zero-order chi connectivity index (χ0) is 13.9. The van der Waals surface area contributed by atoms with Crippen molar-refractivity contribution in [3.05, 3.63) is 59.1 Å². The van der Waals surface area contributed by atoms with Crippen molar-refractivity contribution in [2.75, 3.05) is 4.72 Å². The van der Waals surface area contributed by atoms with Crippen LogP contribution in [0.25, 0.3) is 0 Å². The molecule has 0 radical (unpaired) electrons. The third-order valence-corrected chi connectivity index (χ3v) is 3.39. The molecule has 2 aromatic carbocycles. The number of hydrogen-bond donors (Lipinski definition) is 1. The summed E-state index contributed by atoms with van der Waals surface area (Å²) < 4.78 is 40.4. The third-order valence-electron chi connectivity index (χ3n) is 2.29. The van der Waals surface area contributed by atoms with Gasteiger partial charge in [-0.1, -0.05) is 17.7 Å². The number of halogens is 4. The molecule has 1 N–H and O–H groups in total. The van der Waals surface area contributed by atoms with Gasteiger partial charge in [0.2, 0.25) is 0 Å². The summed E-state index contributed by atoms with van der Waals surface area (Å²) in [6.07, 6.45) is -4.33. The zero-order valence-electron chi connectivity index (χ0n) is 9.54. The molecule has 0 amide bonds. The molecule has 0 unspecified atom stereocenters. The summed E-state index contributed by atoms with van der Waals surface area (Å²) >= 11 is 6.97. The Morgan fingerprint density at radius 1 is 1.00 bits per heavy atom. The number of hydrogen-bond acceptors (Lipinski definition) is 2. The van der Waals surface area contributed by atoms with E-state index in [1.165, 1.54) is 18.0 Å². The van der Waals surface area contributed by atoms with E-state index in [-0.39, 0.29) is 0 Å². The van der Waals surface area contributed by atoms with Crippen molar-refractivity contribution in [3.8, 4) is 0 Å². The Balaban J connectivity index is 2.05. The second kappa shape index (κ2) is 5.75. The van der Waals surface area contributed by atoms with Crippen LogP contribution >= 0.6 is 23.5 Å². The minimum Gasteiger partial charge on any atom is -0.326 e. The Hall–Kier alpha value is -1.33. The van der Waals surface area contributed by atoms with E-state index in [2.05, 4.69) is 4.72 Å². The summed E-state index contributed by atoms with van der Waals surface area (Å²) in [7, 11) is 0. The molecule has 0 saturated heterocycles. The van der Waals surface area contributed by atoms with Crippen LogP contribution in [0.5, 0.6) is 0 Å². The topological polar surface area (TPSA) is 12.0 Å². The van der Waals surface area contributed by atoms with E-state index >= 15 is 0 Å². The van der Waals surface area contributed by atoms with Crippen LogP contribution in [0.15, 0.2) is 53.4 Å². The zero-order valence-corrected chi connectivity index (χ0v) is 11.1. The van der Waals surface area contributed by atoms with Gasteiger partial charge in [-0.15, -0.1) is 0 Å². The molecule has 1 nitrogen and oxygen atoms in total. The maximum atomic E-state index is 12.5. The van der Waals surface area contributed by atoms with Crippen LogP contribution in [-0.4, -0.2) is 0 Å². The normalized spacial score (nSPS) is 11.4. The van der Waals surface area contributed by atoms with Gasteiger partial charge in [0.1, 0.15) is 0 Å². The molecule has 2 rings (SSSR count). The average Bonchev–Trinajstić information content (AvgIpc) is 2.37. The summed E-state index contributed by atoms with van der Waals surface area (Å²) in [5.74, 6) is 0. The Labute approximate surface area is 117 Å². The first-order valence-electron chi connectivity index (χ1n) is 5.31. The van der Waals surface area contributed by atoms with Gasteiger partial charge in [0, 0.05) is 15.6 Å². The highest BCUT2D eigenvalue weighted by molar-refractivity contribution is 8.00. The number of anilines is 1. The molecule has 0 aliphatic heterocycles. The van der Waals surface area contributed by atoms with Gasteiger partial charge in [-0.2, -0.15) is 13.2 Å². The minimum atomic E-state index is -4.33. The van der Waals surface area contributed by atoms with Crippen molar-refractivity contribution in [1.82, 2.24) is 0 Å². The van der Waals surface area contributed by atoms with Crippen molar-refractivity contribution < 1.29 is 13.2 Å². The molecular weight excluding hydrogens is 295 g/mol. The Bertz CT molecular complexity index is 555. The van der Waals surface area contributed by atoms with Gasteiger partial charge >= 0.3 is 6.18 Å². The highest BCUT2D eigenvalue weighted by Crippen LogP contribution is 2.31. The van der Waals surface area contributed by atoms with Gasteiger partial charge < -0.3 is 4.72 Å². The Kier molecular flexibility index (Phi) is 4.27. The summed E-state index contributed by atoms with van der Waals surface area (Å²) in [6, 6.07) is 12.1.